The molecule has 1 aromatic heterocycles. The van der Waals surface area contributed by atoms with Gasteiger partial charge in [0, 0.05) is 18.0 Å². The number of nitrogens with one attached hydrogen (secondary N) is 2. The van der Waals surface area contributed by atoms with E-state index >= 15 is 0 Å². The van der Waals surface area contributed by atoms with E-state index in [2.05, 4.69) is 14.7 Å². The molecule has 0 amide bonds. The van der Waals surface area contributed by atoms with Gasteiger partial charge in [-0.15, -0.1) is 0 Å². The molecule has 0 spiro atoms. The van der Waals surface area contributed by atoms with Crippen LogP contribution in [0, 0.1) is 0 Å². The van der Waals surface area contributed by atoms with Gasteiger partial charge in [0.25, 0.3) is 10.0 Å². The average molecular weight is 265 g/mol. The molecule has 2 aromatic rings. The minimum absolute atomic E-state index is 0.0731. The van der Waals surface area contributed by atoms with E-state index < -0.39 is 10.0 Å². The summed E-state index contributed by atoms with van der Waals surface area (Å²) in [5, 5.41) is 0. The van der Waals surface area contributed by atoms with Crippen LogP contribution in [0.15, 0.2) is 41.6 Å². The van der Waals surface area contributed by atoms with Crippen LogP contribution >= 0.6 is 0 Å². The molecule has 1 heterocycles. The fourth-order valence-electron chi connectivity index (χ4n) is 1.38. The Morgan fingerprint density at radius 3 is 2.44 bits per heavy atom. The monoisotopic (exact) mass is 265 g/mol. The van der Waals surface area contributed by atoms with Crippen molar-refractivity contribution >= 4 is 21.8 Å². The summed E-state index contributed by atoms with van der Waals surface area (Å²) in [5.41, 5.74) is 0.465. The van der Waals surface area contributed by atoms with E-state index in [0.717, 1.165) is 0 Å². The predicted octanol–water partition coefficient (Wildman–Crippen LogP) is 1.41. The Bertz CT molecular complexity index is 645. The summed E-state index contributed by atoms with van der Waals surface area (Å²) in [7, 11) is -3.68. The number of aromatic amines is 1. The van der Waals surface area contributed by atoms with Crippen molar-refractivity contribution in [3.8, 4) is 0 Å². The van der Waals surface area contributed by atoms with E-state index in [-0.39, 0.29) is 16.6 Å². The van der Waals surface area contributed by atoms with Gasteiger partial charge in [0.15, 0.2) is 5.78 Å². The molecule has 0 fully saturated rings. The standard InChI is InChI=1S/C11H11N3O3S/c1-8(15)9-2-4-10(5-3-9)18(16,17)14-11-12-6-7-13-11/h2-7H,1H3,(H2,12,13,14). The topological polar surface area (TPSA) is 91.9 Å². The number of hydrogen-bond donors (Lipinski definition) is 2. The van der Waals surface area contributed by atoms with Gasteiger partial charge in [0.2, 0.25) is 5.95 Å². The lowest BCUT2D eigenvalue weighted by Gasteiger charge is -2.05. The Morgan fingerprint density at radius 1 is 1.28 bits per heavy atom. The van der Waals surface area contributed by atoms with Crippen molar-refractivity contribution in [2.75, 3.05) is 4.72 Å². The zero-order chi connectivity index (χ0) is 13.2. The van der Waals surface area contributed by atoms with Crippen molar-refractivity contribution in [1.29, 1.82) is 0 Å². The van der Waals surface area contributed by atoms with Crippen LogP contribution in [0.5, 0.6) is 0 Å². The quantitative estimate of drug-likeness (QED) is 0.817. The van der Waals surface area contributed by atoms with Gasteiger partial charge in [-0.25, -0.2) is 18.1 Å². The van der Waals surface area contributed by atoms with Crippen molar-refractivity contribution in [3.05, 3.63) is 42.2 Å². The number of anilines is 1. The first-order valence-corrected chi connectivity index (χ1v) is 6.60. The number of aromatic nitrogens is 2. The first kappa shape index (κ1) is 12.3. The van der Waals surface area contributed by atoms with E-state index in [9.17, 15) is 13.2 Å². The second kappa shape index (κ2) is 4.61. The number of Topliss-reactive ketones (excluding diaryl/α,β-unsaturated/α-hetero) is 1. The molecule has 2 rings (SSSR count). The highest BCUT2D eigenvalue weighted by atomic mass is 32.2. The van der Waals surface area contributed by atoms with E-state index in [4.69, 9.17) is 0 Å². The highest BCUT2D eigenvalue weighted by Crippen LogP contribution is 2.14. The summed E-state index contributed by atoms with van der Waals surface area (Å²) in [6.07, 6.45) is 2.95. The van der Waals surface area contributed by atoms with E-state index in [1.807, 2.05) is 0 Å². The number of H-pyrrole nitrogens is 1. The number of ketones is 1. The molecule has 94 valence electrons. The van der Waals surface area contributed by atoms with Gasteiger partial charge in [-0.1, -0.05) is 12.1 Å². The maximum absolute atomic E-state index is 11.9. The Hall–Kier alpha value is -2.15. The van der Waals surface area contributed by atoms with Crippen molar-refractivity contribution < 1.29 is 13.2 Å². The van der Waals surface area contributed by atoms with Crippen LogP contribution in [0.3, 0.4) is 0 Å². The Morgan fingerprint density at radius 2 is 1.94 bits per heavy atom. The predicted molar refractivity (Wildman–Crippen MR) is 65.8 cm³/mol. The maximum Gasteiger partial charge on any atom is 0.264 e. The van der Waals surface area contributed by atoms with Gasteiger partial charge in [0.05, 0.1) is 4.90 Å². The third-order valence-corrected chi connectivity index (χ3v) is 3.66. The van der Waals surface area contributed by atoms with Crippen molar-refractivity contribution in [3.63, 3.8) is 0 Å². The summed E-state index contributed by atoms with van der Waals surface area (Å²) >= 11 is 0. The van der Waals surface area contributed by atoms with Crippen LogP contribution in [0.2, 0.25) is 0 Å². The third kappa shape index (κ3) is 2.57. The van der Waals surface area contributed by atoms with Gasteiger partial charge in [-0.2, -0.15) is 0 Å². The van der Waals surface area contributed by atoms with Gasteiger partial charge < -0.3 is 4.98 Å². The second-order valence-electron chi connectivity index (χ2n) is 3.62. The Kier molecular flexibility index (Phi) is 3.15. The van der Waals surface area contributed by atoms with Crippen molar-refractivity contribution in [2.45, 2.75) is 11.8 Å². The van der Waals surface area contributed by atoms with Gasteiger partial charge >= 0.3 is 0 Å². The molecular weight excluding hydrogens is 254 g/mol. The van der Waals surface area contributed by atoms with Crippen LogP contribution in [0.25, 0.3) is 0 Å². The van der Waals surface area contributed by atoms with Gasteiger partial charge in [0.1, 0.15) is 0 Å². The molecule has 0 saturated carbocycles. The average Bonchev–Trinajstić information content (AvgIpc) is 2.81. The van der Waals surface area contributed by atoms with E-state index in [0.29, 0.717) is 5.56 Å². The van der Waals surface area contributed by atoms with Gasteiger partial charge in [-0.3, -0.25) is 4.79 Å². The van der Waals surface area contributed by atoms with Crippen LogP contribution in [-0.4, -0.2) is 24.2 Å². The zero-order valence-corrected chi connectivity index (χ0v) is 10.4. The highest BCUT2D eigenvalue weighted by molar-refractivity contribution is 7.92. The molecule has 0 aliphatic carbocycles. The third-order valence-electron chi connectivity index (χ3n) is 2.30. The largest absolute Gasteiger partial charge is 0.330 e. The minimum Gasteiger partial charge on any atom is -0.330 e. The molecule has 18 heavy (non-hydrogen) atoms. The first-order chi connectivity index (χ1) is 8.49. The molecule has 0 aliphatic heterocycles. The summed E-state index contributed by atoms with van der Waals surface area (Å²) in [5.74, 6) is 0.0311. The molecule has 0 aliphatic rings. The van der Waals surface area contributed by atoms with Crippen LogP contribution in [-0.2, 0) is 10.0 Å². The summed E-state index contributed by atoms with van der Waals surface area (Å²) < 4.78 is 26.1. The van der Waals surface area contributed by atoms with Crippen molar-refractivity contribution in [2.24, 2.45) is 0 Å². The lowest BCUT2D eigenvalue weighted by atomic mass is 10.2. The molecule has 0 bridgehead atoms. The fourth-order valence-corrected chi connectivity index (χ4v) is 2.35. The van der Waals surface area contributed by atoms with Crippen molar-refractivity contribution in [1.82, 2.24) is 9.97 Å². The normalized spacial score (nSPS) is 11.2. The summed E-state index contributed by atoms with van der Waals surface area (Å²) in [6, 6.07) is 5.70. The molecule has 2 N–H and O–H groups in total. The van der Waals surface area contributed by atoms with Crippen LogP contribution in [0.1, 0.15) is 17.3 Å². The number of carbonyl (C=O) groups excluding carboxylic acids is 1. The number of benzene rings is 1. The number of carbonyl (C=O) groups is 1. The summed E-state index contributed by atoms with van der Waals surface area (Å²) in [4.78, 5) is 17.6. The summed E-state index contributed by atoms with van der Waals surface area (Å²) in [6.45, 7) is 1.42. The molecule has 0 atom stereocenters. The smallest absolute Gasteiger partial charge is 0.264 e. The van der Waals surface area contributed by atoms with Gasteiger partial charge in [-0.05, 0) is 19.1 Å². The van der Waals surface area contributed by atoms with E-state index in [1.54, 1.807) is 0 Å². The number of sulfonamides is 1. The molecular formula is C11H11N3O3S. The molecule has 0 unspecified atom stereocenters. The van der Waals surface area contributed by atoms with Crippen LogP contribution < -0.4 is 4.72 Å². The number of imidazole rings is 1. The Labute approximate surface area is 104 Å². The van der Waals surface area contributed by atoms with E-state index in [1.165, 1.54) is 43.6 Å². The molecule has 0 saturated heterocycles. The Balaban J connectivity index is 2.27. The van der Waals surface area contributed by atoms with Crippen LogP contribution in [0.4, 0.5) is 5.95 Å². The number of rotatable bonds is 4. The molecule has 0 radical (unpaired) electrons. The number of hydrogen-bond acceptors (Lipinski definition) is 4. The lowest BCUT2D eigenvalue weighted by molar-refractivity contribution is 0.101. The molecule has 7 heteroatoms. The maximum atomic E-state index is 11.9. The number of nitrogens with zero attached hydrogens (tertiary/aromatic N) is 1. The fraction of sp³-hybridized carbons (Fsp3) is 0.0909. The molecule has 6 nitrogen and oxygen atoms in total. The lowest BCUT2D eigenvalue weighted by Crippen LogP contribution is -2.14. The zero-order valence-electron chi connectivity index (χ0n) is 9.54. The molecule has 1 aromatic carbocycles. The SMILES string of the molecule is CC(=O)c1ccc(S(=O)(=O)Nc2ncc[nH]2)cc1. The first-order valence-electron chi connectivity index (χ1n) is 5.12. The minimum atomic E-state index is -3.68. The second-order valence-corrected chi connectivity index (χ2v) is 5.31. The highest BCUT2D eigenvalue weighted by Gasteiger charge is 2.15.